The van der Waals surface area contributed by atoms with Crippen LogP contribution >= 0.6 is 11.8 Å². The molecule has 0 bridgehead atoms. The molecule has 1 N–H and O–H groups in total. The molecule has 1 saturated heterocycles. The van der Waals surface area contributed by atoms with Crippen LogP contribution < -0.4 is 5.32 Å². The lowest BCUT2D eigenvalue weighted by Gasteiger charge is -2.35. The Kier molecular flexibility index (Phi) is 4.97. The molecule has 3 nitrogen and oxygen atoms in total. The second-order valence-electron chi connectivity index (χ2n) is 5.55. The van der Waals surface area contributed by atoms with Gasteiger partial charge in [-0.25, -0.2) is 0 Å². The Morgan fingerprint density at radius 2 is 2.00 bits per heavy atom. The molecule has 1 aromatic carbocycles. The molecule has 2 unspecified atom stereocenters. The average molecular weight is 292 g/mol. The van der Waals surface area contributed by atoms with Crippen molar-refractivity contribution in [1.29, 1.82) is 0 Å². The first kappa shape index (κ1) is 15.2. The Hall–Kier alpha value is -1.16. The molecule has 1 aromatic rings. The number of aryl methyl sites for hydroxylation is 1. The van der Waals surface area contributed by atoms with Gasteiger partial charge < -0.3 is 10.2 Å². The lowest BCUT2D eigenvalue weighted by atomic mass is 10.1. The molecule has 0 aromatic heterocycles. The zero-order valence-electron chi connectivity index (χ0n) is 12.8. The number of carbonyl (C=O) groups excluding carboxylic acids is 1. The summed E-state index contributed by atoms with van der Waals surface area (Å²) in [5, 5.41) is 4.33. The summed E-state index contributed by atoms with van der Waals surface area (Å²) in [5.41, 5.74) is 2.92. The minimum atomic E-state index is 0.153. The van der Waals surface area contributed by atoms with E-state index in [0.717, 1.165) is 30.9 Å². The van der Waals surface area contributed by atoms with Crippen molar-refractivity contribution in [3.05, 3.63) is 29.3 Å². The first-order valence-corrected chi connectivity index (χ1v) is 8.24. The zero-order valence-corrected chi connectivity index (χ0v) is 13.6. The van der Waals surface area contributed by atoms with Crippen molar-refractivity contribution in [3.63, 3.8) is 0 Å². The molecule has 2 rings (SSSR count). The first-order chi connectivity index (χ1) is 9.51. The third-order valence-corrected chi connectivity index (χ3v) is 4.71. The number of nitrogens with zero attached hydrogens (tertiary/aromatic N) is 1. The van der Waals surface area contributed by atoms with Gasteiger partial charge in [0.05, 0.1) is 5.56 Å². The monoisotopic (exact) mass is 292 g/mol. The fraction of sp³-hybridized carbons (Fsp3) is 0.562. The molecule has 0 spiro atoms. The predicted molar refractivity (Wildman–Crippen MR) is 87.8 cm³/mol. The van der Waals surface area contributed by atoms with E-state index in [2.05, 4.69) is 39.1 Å². The number of hydrogen-bond donors (Lipinski definition) is 1. The topological polar surface area (TPSA) is 32.3 Å². The minimum Gasteiger partial charge on any atom is -0.385 e. The van der Waals surface area contributed by atoms with Crippen LogP contribution in [0.1, 0.15) is 36.7 Å². The summed E-state index contributed by atoms with van der Waals surface area (Å²) in [4.78, 5) is 14.8. The number of anilines is 1. The van der Waals surface area contributed by atoms with Crippen LogP contribution in [0.15, 0.2) is 18.2 Å². The number of amides is 1. The maximum atomic E-state index is 12.8. The Morgan fingerprint density at radius 1 is 1.35 bits per heavy atom. The highest BCUT2D eigenvalue weighted by molar-refractivity contribution is 8.00. The number of nitrogens with one attached hydrogen (secondary N) is 1. The predicted octanol–water partition coefficient (Wildman–Crippen LogP) is 3.39. The van der Waals surface area contributed by atoms with E-state index in [1.54, 1.807) is 0 Å². The van der Waals surface area contributed by atoms with Crippen molar-refractivity contribution in [3.8, 4) is 0 Å². The normalized spacial score (nSPS) is 22.7. The summed E-state index contributed by atoms with van der Waals surface area (Å²) in [6, 6.07) is 6.02. The summed E-state index contributed by atoms with van der Waals surface area (Å²) in [7, 11) is 0. The van der Waals surface area contributed by atoms with E-state index in [1.165, 1.54) is 5.56 Å². The van der Waals surface area contributed by atoms with Gasteiger partial charge in [0, 0.05) is 35.8 Å². The number of thioether (sulfide) groups is 1. The largest absolute Gasteiger partial charge is 0.385 e. The highest BCUT2D eigenvalue weighted by Gasteiger charge is 2.27. The van der Waals surface area contributed by atoms with E-state index >= 15 is 0 Å². The van der Waals surface area contributed by atoms with E-state index in [-0.39, 0.29) is 5.91 Å². The highest BCUT2D eigenvalue weighted by Crippen LogP contribution is 2.27. The van der Waals surface area contributed by atoms with E-state index in [4.69, 9.17) is 0 Å². The molecule has 2 atom stereocenters. The first-order valence-electron chi connectivity index (χ1n) is 7.30. The molecule has 20 heavy (non-hydrogen) atoms. The van der Waals surface area contributed by atoms with E-state index < -0.39 is 0 Å². The molecule has 1 amide bonds. The maximum Gasteiger partial charge on any atom is 0.256 e. The van der Waals surface area contributed by atoms with Crippen LogP contribution in [0.3, 0.4) is 0 Å². The minimum absolute atomic E-state index is 0.153. The number of carbonyl (C=O) groups is 1. The Morgan fingerprint density at radius 3 is 2.60 bits per heavy atom. The Labute approximate surface area is 126 Å². The van der Waals surface area contributed by atoms with Gasteiger partial charge >= 0.3 is 0 Å². The van der Waals surface area contributed by atoms with E-state index in [0.29, 0.717) is 10.5 Å². The van der Waals surface area contributed by atoms with Gasteiger partial charge in [-0.15, -0.1) is 0 Å². The molecule has 0 radical (unpaired) electrons. The molecule has 0 saturated carbocycles. The van der Waals surface area contributed by atoms with Gasteiger partial charge in [0.2, 0.25) is 0 Å². The Balaban J connectivity index is 2.24. The molecular weight excluding hydrogens is 268 g/mol. The SMILES string of the molecule is CCNc1cc(C)ccc1C(=O)N1CC(C)SC(C)C1. The summed E-state index contributed by atoms with van der Waals surface area (Å²) < 4.78 is 0. The van der Waals surface area contributed by atoms with Gasteiger partial charge in [0.15, 0.2) is 0 Å². The fourth-order valence-corrected chi connectivity index (χ4v) is 4.02. The second kappa shape index (κ2) is 6.53. The lowest BCUT2D eigenvalue weighted by molar-refractivity contribution is 0.0754. The van der Waals surface area contributed by atoms with Crippen LogP contribution in [0.25, 0.3) is 0 Å². The highest BCUT2D eigenvalue weighted by atomic mass is 32.2. The van der Waals surface area contributed by atoms with Crippen molar-refractivity contribution < 1.29 is 4.79 Å². The van der Waals surface area contributed by atoms with E-state index in [1.807, 2.05) is 28.8 Å². The van der Waals surface area contributed by atoms with Gasteiger partial charge in [0.25, 0.3) is 5.91 Å². The number of benzene rings is 1. The van der Waals surface area contributed by atoms with Crippen LogP contribution in [0, 0.1) is 6.92 Å². The average Bonchev–Trinajstić information content (AvgIpc) is 2.37. The standard InChI is InChI=1S/C16H24N2OS/c1-5-17-15-8-11(2)6-7-14(15)16(19)18-9-12(3)20-13(4)10-18/h6-8,12-13,17H,5,9-10H2,1-4H3. The molecule has 0 aliphatic carbocycles. The van der Waals surface area contributed by atoms with Crippen LogP contribution in [0.4, 0.5) is 5.69 Å². The summed E-state index contributed by atoms with van der Waals surface area (Å²) >= 11 is 1.96. The summed E-state index contributed by atoms with van der Waals surface area (Å²) in [6.45, 7) is 11.0. The van der Waals surface area contributed by atoms with Crippen molar-refractivity contribution in [2.75, 3.05) is 25.0 Å². The van der Waals surface area contributed by atoms with Crippen molar-refractivity contribution in [1.82, 2.24) is 4.90 Å². The van der Waals surface area contributed by atoms with Gasteiger partial charge in [0.1, 0.15) is 0 Å². The fourth-order valence-electron chi connectivity index (χ4n) is 2.70. The van der Waals surface area contributed by atoms with Crippen molar-refractivity contribution in [2.24, 2.45) is 0 Å². The molecule has 1 heterocycles. The smallest absolute Gasteiger partial charge is 0.256 e. The van der Waals surface area contributed by atoms with Gasteiger partial charge in [-0.3, -0.25) is 4.79 Å². The molecule has 4 heteroatoms. The molecule has 1 fully saturated rings. The molecular formula is C16H24N2OS. The summed E-state index contributed by atoms with van der Waals surface area (Å²) in [5.74, 6) is 0.153. The van der Waals surface area contributed by atoms with Gasteiger partial charge in [-0.1, -0.05) is 19.9 Å². The van der Waals surface area contributed by atoms with Crippen LogP contribution in [-0.2, 0) is 0 Å². The molecule has 110 valence electrons. The molecule has 1 aliphatic rings. The summed E-state index contributed by atoms with van der Waals surface area (Å²) in [6.07, 6.45) is 0. The van der Waals surface area contributed by atoms with Gasteiger partial charge in [-0.05, 0) is 31.5 Å². The number of hydrogen-bond acceptors (Lipinski definition) is 3. The quantitative estimate of drug-likeness (QED) is 0.927. The van der Waals surface area contributed by atoms with E-state index in [9.17, 15) is 4.79 Å². The molecule has 1 aliphatic heterocycles. The zero-order chi connectivity index (χ0) is 14.7. The Bertz CT molecular complexity index is 479. The maximum absolute atomic E-state index is 12.8. The third-order valence-electron chi connectivity index (χ3n) is 3.48. The number of rotatable bonds is 3. The van der Waals surface area contributed by atoms with Crippen LogP contribution in [0.2, 0.25) is 0 Å². The lowest BCUT2D eigenvalue weighted by Crippen LogP contribution is -2.44. The van der Waals surface area contributed by atoms with Gasteiger partial charge in [-0.2, -0.15) is 11.8 Å². The third kappa shape index (κ3) is 3.48. The van der Waals surface area contributed by atoms with Crippen LogP contribution in [0.5, 0.6) is 0 Å². The van der Waals surface area contributed by atoms with Crippen LogP contribution in [-0.4, -0.2) is 40.9 Å². The van der Waals surface area contributed by atoms with Crippen molar-refractivity contribution >= 4 is 23.4 Å². The second-order valence-corrected chi connectivity index (χ2v) is 7.43. The van der Waals surface area contributed by atoms with Crippen molar-refractivity contribution in [2.45, 2.75) is 38.2 Å².